The number of para-hydroxylation sites is 1. The number of amides is 1. The van der Waals surface area contributed by atoms with E-state index in [1.807, 2.05) is 41.3 Å². The molecule has 6 nitrogen and oxygen atoms in total. The number of thiazole rings is 1. The molecule has 3 aromatic heterocycles. The van der Waals surface area contributed by atoms with Crippen LogP contribution >= 0.6 is 11.3 Å². The van der Waals surface area contributed by atoms with Crippen LogP contribution in [0.15, 0.2) is 54.4 Å². The number of hydrogen-bond donors (Lipinski definition) is 1. The van der Waals surface area contributed by atoms with E-state index >= 15 is 0 Å². The number of rotatable bonds is 2. The lowest BCUT2D eigenvalue weighted by Gasteiger charge is -2.34. The highest BCUT2D eigenvalue weighted by molar-refractivity contribution is 7.11. The average Bonchev–Trinajstić information content (AvgIpc) is 3.38. The fourth-order valence-electron chi connectivity index (χ4n) is 3.49. The summed E-state index contributed by atoms with van der Waals surface area (Å²) in [7, 11) is 0. The van der Waals surface area contributed by atoms with Crippen molar-refractivity contribution in [3.63, 3.8) is 0 Å². The maximum Gasteiger partial charge on any atom is 0.266 e. The van der Waals surface area contributed by atoms with Crippen LogP contribution in [0.2, 0.25) is 0 Å². The Labute approximate surface area is 153 Å². The highest BCUT2D eigenvalue weighted by Crippen LogP contribution is 2.34. The summed E-state index contributed by atoms with van der Waals surface area (Å²) >= 11 is 1.36. The molecule has 4 heterocycles. The Morgan fingerprint density at radius 1 is 1.23 bits per heavy atom. The summed E-state index contributed by atoms with van der Waals surface area (Å²) in [5.74, 6) is -0.0268. The van der Waals surface area contributed by atoms with Gasteiger partial charge in [0.1, 0.15) is 10.9 Å². The van der Waals surface area contributed by atoms with E-state index < -0.39 is 0 Å². The fraction of sp³-hybridized carbons (Fsp3) is 0.158. The van der Waals surface area contributed by atoms with Gasteiger partial charge in [0.25, 0.3) is 5.91 Å². The van der Waals surface area contributed by atoms with Crippen molar-refractivity contribution in [1.29, 1.82) is 0 Å². The maximum absolute atomic E-state index is 13.1. The second-order valence-electron chi connectivity index (χ2n) is 6.21. The molecule has 1 amide bonds. The molecule has 0 bridgehead atoms. The molecule has 0 saturated carbocycles. The lowest BCUT2D eigenvalue weighted by Crippen LogP contribution is -2.40. The van der Waals surface area contributed by atoms with Crippen LogP contribution in [-0.4, -0.2) is 37.3 Å². The third-order valence-corrected chi connectivity index (χ3v) is 5.49. The van der Waals surface area contributed by atoms with Gasteiger partial charge in [0, 0.05) is 24.0 Å². The van der Waals surface area contributed by atoms with Crippen LogP contribution in [-0.2, 0) is 6.42 Å². The van der Waals surface area contributed by atoms with Gasteiger partial charge < -0.3 is 9.88 Å². The Balaban J connectivity index is 1.64. The van der Waals surface area contributed by atoms with Crippen LogP contribution < -0.4 is 0 Å². The van der Waals surface area contributed by atoms with Crippen molar-refractivity contribution in [2.24, 2.45) is 0 Å². The summed E-state index contributed by atoms with van der Waals surface area (Å²) in [4.78, 5) is 32.1. The Hall–Kier alpha value is -3.06. The molecule has 1 N–H and O–H groups in total. The van der Waals surface area contributed by atoms with E-state index in [9.17, 15) is 4.79 Å². The minimum atomic E-state index is -0.302. The highest BCUT2D eigenvalue weighted by atomic mass is 32.1. The van der Waals surface area contributed by atoms with Gasteiger partial charge in [0.2, 0.25) is 0 Å². The monoisotopic (exact) mass is 361 g/mol. The summed E-state index contributed by atoms with van der Waals surface area (Å²) in [5.41, 5.74) is 5.36. The molecule has 1 atom stereocenters. The number of H-pyrrole nitrogens is 1. The summed E-state index contributed by atoms with van der Waals surface area (Å²) in [5, 5.41) is 1.08. The first kappa shape index (κ1) is 15.2. The van der Waals surface area contributed by atoms with Crippen LogP contribution in [0.1, 0.15) is 32.8 Å². The highest BCUT2D eigenvalue weighted by Gasteiger charge is 2.35. The van der Waals surface area contributed by atoms with Crippen molar-refractivity contribution >= 4 is 28.1 Å². The molecule has 1 aliphatic rings. The first-order valence-corrected chi connectivity index (χ1v) is 9.26. The number of pyridine rings is 1. The number of imidazole rings is 1. The van der Waals surface area contributed by atoms with Gasteiger partial charge in [-0.05, 0) is 12.1 Å². The van der Waals surface area contributed by atoms with Gasteiger partial charge in [0.15, 0.2) is 0 Å². The second kappa shape index (κ2) is 6.03. The molecule has 26 heavy (non-hydrogen) atoms. The van der Waals surface area contributed by atoms with Crippen molar-refractivity contribution in [1.82, 2.24) is 24.8 Å². The molecule has 4 aromatic rings. The zero-order valence-electron chi connectivity index (χ0n) is 13.8. The van der Waals surface area contributed by atoms with E-state index in [0.29, 0.717) is 11.4 Å². The van der Waals surface area contributed by atoms with Gasteiger partial charge in [-0.15, -0.1) is 11.3 Å². The molecule has 0 spiro atoms. The van der Waals surface area contributed by atoms with E-state index in [1.165, 1.54) is 11.3 Å². The summed E-state index contributed by atoms with van der Waals surface area (Å²) in [6.45, 7) is 0.616. The van der Waals surface area contributed by atoms with Crippen LogP contribution in [0.3, 0.4) is 0 Å². The van der Waals surface area contributed by atoms with Crippen molar-refractivity contribution < 1.29 is 4.79 Å². The number of nitrogens with zero attached hydrogens (tertiary/aromatic N) is 4. The van der Waals surface area contributed by atoms with Gasteiger partial charge in [0.05, 0.1) is 34.9 Å². The minimum absolute atomic E-state index is 0.0268. The van der Waals surface area contributed by atoms with E-state index in [-0.39, 0.29) is 11.9 Å². The van der Waals surface area contributed by atoms with E-state index in [2.05, 4.69) is 15.0 Å². The predicted molar refractivity (Wildman–Crippen MR) is 99.0 cm³/mol. The van der Waals surface area contributed by atoms with E-state index in [0.717, 1.165) is 34.4 Å². The summed E-state index contributed by atoms with van der Waals surface area (Å²) in [6.07, 6.45) is 4.07. The first-order chi connectivity index (χ1) is 12.8. The summed E-state index contributed by atoms with van der Waals surface area (Å²) in [6, 6.07) is 11.7. The van der Waals surface area contributed by atoms with Gasteiger partial charge in [-0.25, -0.2) is 4.98 Å². The van der Waals surface area contributed by atoms with Gasteiger partial charge in [-0.2, -0.15) is 0 Å². The molecule has 0 radical (unpaired) electrons. The quantitative estimate of drug-likeness (QED) is 0.595. The fourth-order valence-corrected chi connectivity index (χ4v) is 4.07. The Morgan fingerprint density at radius 2 is 2.15 bits per heavy atom. The van der Waals surface area contributed by atoms with E-state index in [4.69, 9.17) is 4.98 Å². The van der Waals surface area contributed by atoms with Crippen molar-refractivity contribution in [2.75, 3.05) is 6.54 Å². The molecule has 128 valence electrons. The maximum atomic E-state index is 13.1. The number of fused-ring (bicyclic) bond motifs is 2. The Bertz CT molecular complexity index is 1090. The molecule has 0 fully saturated rings. The third kappa shape index (κ3) is 2.40. The minimum Gasteiger partial charge on any atom is -0.348 e. The molecule has 5 rings (SSSR count). The largest absolute Gasteiger partial charge is 0.348 e. The second-order valence-corrected chi connectivity index (χ2v) is 7.10. The predicted octanol–water partition coefficient (Wildman–Crippen LogP) is 3.20. The first-order valence-electron chi connectivity index (χ1n) is 8.38. The molecule has 0 unspecified atom stereocenters. The van der Waals surface area contributed by atoms with Gasteiger partial charge >= 0.3 is 0 Å². The molecular weight excluding hydrogens is 346 g/mol. The van der Waals surface area contributed by atoms with Crippen molar-refractivity contribution in [3.8, 4) is 0 Å². The van der Waals surface area contributed by atoms with Crippen LogP contribution in [0, 0.1) is 0 Å². The van der Waals surface area contributed by atoms with Crippen molar-refractivity contribution in [3.05, 3.63) is 76.4 Å². The number of aromatic amines is 1. The number of carbonyl (C=O) groups is 1. The van der Waals surface area contributed by atoms with Crippen molar-refractivity contribution in [2.45, 2.75) is 12.5 Å². The van der Waals surface area contributed by atoms with Crippen LogP contribution in [0.5, 0.6) is 0 Å². The molecule has 0 aliphatic carbocycles. The number of hydrogen-bond acceptors (Lipinski definition) is 5. The van der Waals surface area contributed by atoms with Gasteiger partial charge in [-0.1, -0.05) is 24.3 Å². The molecular formula is C19H15N5OS. The standard InChI is InChI=1S/C19H15N5OS/c25-19(16-9-20-11-26-16)24-8-7-14-17(22-10-21-14)18(24)15-6-5-12-3-1-2-4-13(12)23-15/h1-6,9-11,18H,7-8H2,(H,21,22)/t18-/m0/s1. The average molecular weight is 361 g/mol. The van der Waals surface area contributed by atoms with E-state index in [1.54, 1.807) is 18.0 Å². The number of carbonyl (C=O) groups excluding carboxylic acids is 1. The molecule has 0 saturated heterocycles. The third-order valence-electron chi connectivity index (χ3n) is 4.73. The lowest BCUT2D eigenvalue weighted by atomic mass is 9.98. The molecule has 7 heteroatoms. The zero-order valence-corrected chi connectivity index (χ0v) is 14.6. The zero-order chi connectivity index (χ0) is 17.5. The smallest absolute Gasteiger partial charge is 0.266 e. The van der Waals surface area contributed by atoms with Gasteiger partial charge in [-0.3, -0.25) is 14.8 Å². The van der Waals surface area contributed by atoms with Crippen LogP contribution in [0.4, 0.5) is 0 Å². The normalized spacial score (nSPS) is 16.6. The SMILES string of the molecule is O=C(c1cncs1)N1CCc2[nH]cnc2[C@@H]1c1ccc2ccccc2n1. The molecule has 1 aromatic carbocycles. The Morgan fingerprint density at radius 3 is 3.04 bits per heavy atom. The number of aromatic nitrogens is 4. The molecule has 1 aliphatic heterocycles. The Kier molecular flexibility index (Phi) is 3.53. The summed E-state index contributed by atoms with van der Waals surface area (Å²) < 4.78 is 0. The van der Waals surface area contributed by atoms with Crippen LogP contribution in [0.25, 0.3) is 10.9 Å². The lowest BCUT2D eigenvalue weighted by molar-refractivity contribution is 0.0692. The number of nitrogens with one attached hydrogen (secondary N) is 1. The topological polar surface area (TPSA) is 74.8 Å². The number of benzene rings is 1.